The van der Waals surface area contributed by atoms with Gasteiger partial charge >= 0.3 is 6.18 Å². The van der Waals surface area contributed by atoms with Gasteiger partial charge in [0.1, 0.15) is 0 Å². The summed E-state index contributed by atoms with van der Waals surface area (Å²) in [7, 11) is 0. The van der Waals surface area contributed by atoms with Crippen LogP contribution in [-0.4, -0.2) is 36.8 Å². The van der Waals surface area contributed by atoms with E-state index in [1.807, 2.05) is 20.0 Å². The monoisotopic (exact) mass is 308 g/mol. The zero-order valence-electron chi connectivity index (χ0n) is 11.5. The van der Waals surface area contributed by atoms with Crippen molar-refractivity contribution < 1.29 is 13.2 Å². The maximum atomic E-state index is 12.1. The standard InChI is InChI=1S/C12H19F3N4S/c1-3-16-11(18-7-5-12(13,14)15)17-6-4-10-19-8-9(2)20-10/h8H,3-7H2,1-2H3,(H2,16,17,18). The number of hydrogen-bond acceptors (Lipinski definition) is 3. The highest BCUT2D eigenvalue weighted by Gasteiger charge is 2.26. The fourth-order valence-corrected chi connectivity index (χ4v) is 2.23. The number of aryl methyl sites for hydroxylation is 1. The molecule has 0 aliphatic rings. The van der Waals surface area contributed by atoms with Crippen LogP contribution in [0.4, 0.5) is 13.2 Å². The smallest absolute Gasteiger partial charge is 0.357 e. The topological polar surface area (TPSA) is 49.3 Å². The van der Waals surface area contributed by atoms with E-state index in [0.717, 1.165) is 16.3 Å². The van der Waals surface area contributed by atoms with Crippen molar-refractivity contribution in [3.8, 4) is 0 Å². The molecule has 0 aliphatic carbocycles. The lowest BCUT2D eigenvalue weighted by atomic mass is 10.4. The molecule has 4 nitrogen and oxygen atoms in total. The van der Waals surface area contributed by atoms with Crippen LogP contribution in [0.1, 0.15) is 23.2 Å². The second kappa shape index (κ2) is 8.08. The highest BCUT2D eigenvalue weighted by atomic mass is 32.1. The van der Waals surface area contributed by atoms with Gasteiger partial charge in [-0.2, -0.15) is 13.2 Å². The van der Waals surface area contributed by atoms with Gasteiger partial charge in [-0.05, 0) is 13.8 Å². The Labute approximate surface area is 120 Å². The van der Waals surface area contributed by atoms with Crippen molar-refractivity contribution in [3.63, 3.8) is 0 Å². The van der Waals surface area contributed by atoms with Crippen molar-refractivity contribution in [3.05, 3.63) is 16.1 Å². The summed E-state index contributed by atoms with van der Waals surface area (Å²) in [5, 5.41) is 6.92. The van der Waals surface area contributed by atoms with E-state index in [1.54, 1.807) is 11.3 Å². The van der Waals surface area contributed by atoms with Crippen LogP contribution in [-0.2, 0) is 6.42 Å². The molecule has 1 aromatic heterocycles. The van der Waals surface area contributed by atoms with Crippen molar-refractivity contribution in [2.75, 3.05) is 19.6 Å². The molecule has 1 heterocycles. The number of nitrogens with one attached hydrogen (secondary N) is 2. The van der Waals surface area contributed by atoms with Crippen LogP contribution in [0, 0.1) is 6.92 Å². The Morgan fingerprint density at radius 1 is 1.40 bits per heavy atom. The fourth-order valence-electron chi connectivity index (χ4n) is 1.44. The summed E-state index contributed by atoms with van der Waals surface area (Å²) in [6.45, 7) is 4.77. The predicted octanol–water partition coefficient (Wildman–Crippen LogP) is 2.50. The average molecular weight is 308 g/mol. The third kappa shape index (κ3) is 7.32. The Kier molecular flexibility index (Phi) is 6.77. The zero-order chi connectivity index (χ0) is 15.0. The van der Waals surface area contributed by atoms with Gasteiger partial charge in [-0.3, -0.25) is 4.99 Å². The molecule has 0 fully saturated rings. The van der Waals surface area contributed by atoms with Gasteiger partial charge in [-0.15, -0.1) is 11.3 Å². The first kappa shape index (κ1) is 16.7. The summed E-state index contributed by atoms with van der Waals surface area (Å²) >= 11 is 1.61. The molecule has 1 rings (SSSR count). The molecular formula is C12H19F3N4S. The molecule has 0 saturated heterocycles. The van der Waals surface area contributed by atoms with E-state index in [0.29, 0.717) is 19.0 Å². The van der Waals surface area contributed by atoms with Gasteiger partial charge in [-0.25, -0.2) is 4.98 Å². The number of halogens is 3. The van der Waals surface area contributed by atoms with Crippen LogP contribution in [0.2, 0.25) is 0 Å². The van der Waals surface area contributed by atoms with Gasteiger partial charge in [0.05, 0.1) is 18.0 Å². The third-order valence-corrected chi connectivity index (χ3v) is 3.28. The van der Waals surface area contributed by atoms with Crippen molar-refractivity contribution in [2.24, 2.45) is 4.99 Å². The Hall–Kier alpha value is -1.31. The lowest BCUT2D eigenvalue weighted by Crippen LogP contribution is -2.38. The van der Waals surface area contributed by atoms with E-state index in [9.17, 15) is 13.2 Å². The van der Waals surface area contributed by atoms with Crippen molar-refractivity contribution >= 4 is 17.3 Å². The summed E-state index contributed by atoms with van der Waals surface area (Å²) in [4.78, 5) is 9.26. The number of aliphatic imine (C=N–C) groups is 1. The van der Waals surface area contributed by atoms with Crippen molar-refractivity contribution in [1.29, 1.82) is 0 Å². The van der Waals surface area contributed by atoms with Gasteiger partial charge in [0.2, 0.25) is 0 Å². The summed E-state index contributed by atoms with van der Waals surface area (Å²) in [6, 6.07) is 0. The Morgan fingerprint density at radius 3 is 2.70 bits per heavy atom. The Balaban J connectivity index is 2.36. The van der Waals surface area contributed by atoms with E-state index in [4.69, 9.17) is 0 Å². The summed E-state index contributed by atoms with van der Waals surface area (Å²) in [5.41, 5.74) is 0. The molecule has 8 heteroatoms. The molecule has 0 aromatic carbocycles. The molecule has 1 aromatic rings. The summed E-state index contributed by atoms with van der Waals surface area (Å²) < 4.78 is 36.2. The van der Waals surface area contributed by atoms with Crippen LogP contribution in [0.3, 0.4) is 0 Å². The minimum Gasteiger partial charge on any atom is -0.357 e. The molecule has 0 saturated carbocycles. The minimum atomic E-state index is -4.17. The van der Waals surface area contributed by atoms with Crippen LogP contribution in [0.25, 0.3) is 0 Å². The van der Waals surface area contributed by atoms with Crippen molar-refractivity contribution in [2.45, 2.75) is 32.9 Å². The molecule has 2 N–H and O–H groups in total. The van der Waals surface area contributed by atoms with E-state index in [1.165, 1.54) is 0 Å². The van der Waals surface area contributed by atoms with E-state index in [-0.39, 0.29) is 6.54 Å². The molecule has 0 bridgehead atoms. The number of alkyl halides is 3. The maximum absolute atomic E-state index is 12.1. The van der Waals surface area contributed by atoms with Gasteiger partial charge < -0.3 is 10.6 Å². The molecule has 0 aliphatic heterocycles. The fraction of sp³-hybridized carbons (Fsp3) is 0.667. The van der Waals surface area contributed by atoms with Gasteiger partial charge in [0, 0.05) is 30.6 Å². The highest BCUT2D eigenvalue weighted by Crippen LogP contribution is 2.18. The first-order valence-electron chi connectivity index (χ1n) is 6.41. The number of hydrogen-bond donors (Lipinski definition) is 2. The lowest BCUT2D eigenvalue weighted by molar-refractivity contribution is -0.132. The normalized spacial score (nSPS) is 12.6. The Bertz CT molecular complexity index is 429. The van der Waals surface area contributed by atoms with E-state index < -0.39 is 12.6 Å². The predicted molar refractivity (Wildman–Crippen MR) is 75.2 cm³/mol. The third-order valence-electron chi connectivity index (χ3n) is 2.31. The lowest BCUT2D eigenvalue weighted by Gasteiger charge is -2.11. The molecule has 0 amide bonds. The largest absolute Gasteiger partial charge is 0.390 e. The summed E-state index contributed by atoms with van der Waals surface area (Å²) in [6.07, 6.45) is -2.54. The molecular weight excluding hydrogens is 289 g/mol. The highest BCUT2D eigenvalue weighted by molar-refractivity contribution is 7.11. The molecule has 0 radical (unpaired) electrons. The molecule has 0 spiro atoms. The van der Waals surface area contributed by atoms with E-state index in [2.05, 4.69) is 20.6 Å². The molecule has 114 valence electrons. The average Bonchev–Trinajstić information content (AvgIpc) is 2.73. The van der Waals surface area contributed by atoms with Gasteiger partial charge in [-0.1, -0.05) is 0 Å². The van der Waals surface area contributed by atoms with Gasteiger partial charge in [0.25, 0.3) is 0 Å². The van der Waals surface area contributed by atoms with Crippen molar-refractivity contribution in [1.82, 2.24) is 15.6 Å². The Morgan fingerprint density at radius 2 is 2.15 bits per heavy atom. The van der Waals surface area contributed by atoms with Crippen LogP contribution in [0.15, 0.2) is 11.2 Å². The second-order valence-electron chi connectivity index (χ2n) is 4.17. The van der Waals surface area contributed by atoms with E-state index >= 15 is 0 Å². The number of nitrogens with zero attached hydrogens (tertiary/aromatic N) is 2. The number of rotatable bonds is 6. The molecule has 0 atom stereocenters. The van der Waals surface area contributed by atoms with Gasteiger partial charge in [0.15, 0.2) is 5.96 Å². The molecule has 0 unspecified atom stereocenters. The van der Waals surface area contributed by atoms with Crippen LogP contribution < -0.4 is 10.6 Å². The van der Waals surface area contributed by atoms with Crippen LogP contribution >= 0.6 is 11.3 Å². The quantitative estimate of drug-likeness (QED) is 0.627. The first-order chi connectivity index (χ1) is 9.40. The molecule has 20 heavy (non-hydrogen) atoms. The number of aromatic nitrogens is 1. The second-order valence-corrected chi connectivity index (χ2v) is 5.49. The number of thiazole rings is 1. The minimum absolute atomic E-state index is 0.269. The first-order valence-corrected chi connectivity index (χ1v) is 7.22. The SMILES string of the molecule is CCNC(=NCCC(F)(F)F)NCCc1ncc(C)s1. The number of guanidine groups is 1. The van der Waals surface area contributed by atoms with Crippen LogP contribution in [0.5, 0.6) is 0 Å². The maximum Gasteiger partial charge on any atom is 0.390 e. The zero-order valence-corrected chi connectivity index (χ0v) is 12.4. The summed E-state index contributed by atoms with van der Waals surface area (Å²) in [5.74, 6) is 0.407.